The van der Waals surface area contributed by atoms with Crippen molar-refractivity contribution in [1.82, 2.24) is 0 Å². The molecule has 0 aliphatic heterocycles. The van der Waals surface area contributed by atoms with Gasteiger partial charge in [-0.25, -0.2) is 0 Å². The average Bonchev–Trinajstić information content (AvgIpc) is 2.59. The topological polar surface area (TPSA) is 0 Å². The average molecular weight is 177 g/mol. The van der Waals surface area contributed by atoms with Crippen LogP contribution in [0.15, 0.2) is 23.1 Å². The third-order valence-electron chi connectivity index (χ3n) is 2.28. The molecule has 63 valence electrons. The second kappa shape index (κ2) is 3.90. The van der Waals surface area contributed by atoms with Crippen LogP contribution in [0, 0.1) is 6.08 Å². The van der Waals surface area contributed by atoms with Gasteiger partial charge in [0.15, 0.2) is 0 Å². The highest BCUT2D eigenvalue weighted by Gasteiger charge is 2.05. The van der Waals surface area contributed by atoms with Crippen molar-refractivity contribution in [2.45, 2.75) is 32.1 Å². The van der Waals surface area contributed by atoms with Gasteiger partial charge in [0, 0.05) is 4.88 Å². The Morgan fingerprint density at radius 3 is 2.67 bits per heavy atom. The van der Waals surface area contributed by atoms with E-state index in [0.29, 0.717) is 0 Å². The monoisotopic (exact) mass is 177 g/mol. The van der Waals surface area contributed by atoms with Crippen LogP contribution < -0.4 is 0 Å². The Kier molecular flexibility index (Phi) is 2.62. The predicted molar refractivity (Wildman–Crippen MR) is 53.3 cm³/mol. The van der Waals surface area contributed by atoms with Gasteiger partial charge >= 0.3 is 0 Å². The van der Waals surface area contributed by atoms with E-state index in [9.17, 15) is 0 Å². The molecule has 1 aliphatic carbocycles. The Morgan fingerprint density at radius 1 is 1.17 bits per heavy atom. The number of allylic oxidation sites excluding steroid dienone is 1. The molecule has 0 aromatic carbocycles. The zero-order chi connectivity index (χ0) is 8.23. The minimum Gasteiger partial charge on any atom is -0.144 e. The molecular formula is C11H13S. The highest BCUT2D eigenvalue weighted by atomic mass is 32.1. The van der Waals surface area contributed by atoms with Gasteiger partial charge < -0.3 is 0 Å². The van der Waals surface area contributed by atoms with Crippen LogP contribution in [-0.2, 0) is 0 Å². The summed E-state index contributed by atoms with van der Waals surface area (Å²) in [5.74, 6) is 0. The summed E-state index contributed by atoms with van der Waals surface area (Å²) in [7, 11) is 0. The smallest absolute Gasteiger partial charge is 0.0348 e. The first-order chi connectivity index (χ1) is 5.95. The maximum atomic E-state index is 3.50. The molecule has 1 heteroatoms. The summed E-state index contributed by atoms with van der Waals surface area (Å²) in [5, 5.41) is 2.12. The Morgan fingerprint density at radius 2 is 2.00 bits per heavy atom. The first-order valence-corrected chi connectivity index (χ1v) is 5.48. The molecule has 1 heterocycles. The molecule has 2 rings (SSSR count). The summed E-state index contributed by atoms with van der Waals surface area (Å²) in [6.07, 6.45) is 10.2. The molecule has 1 aliphatic rings. The van der Waals surface area contributed by atoms with Crippen LogP contribution >= 0.6 is 11.3 Å². The summed E-state index contributed by atoms with van der Waals surface area (Å²) < 4.78 is 0. The number of thiophene rings is 1. The molecule has 1 saturated carbocycles. The molecule has 12 heavy (non-hydrogen) atoms. The van der Waals surface area contributed by atoms with Crippen molar-refractivity contribution in [3.05, 3.63) is 34.0 Å². The van der Waals surface area contributed by atoms with Gasteiger partial charge in [0.1, 0.15) is 0 Å². The first-order valence-electron chi connectivity index (χ1n) is 4.60. The molecule has 1 aromatic rings. The summed E-state index contributed by atoms with van der Waals surface area (Å²) in [6, 6.07) is 4.24. The van der Waals surface area contributed by atoms with Gasteiger partial charge in [-0.05, 0) is 43.2 Å². The van der Waals surface area contributed by atoms with Crippen molar-refractivity contribution < 1.29 is 0 Å². The molecule has 1 fully saturated rings. The van der Waals surface area contributed by atoms with E-state index in [1.165, 1.54) is 42.6 Å². The normalized spacial score (nSPS) is 17.8. The summed E-state index contributed by atoms with van der Waals surface area (Å²) >= 11 is 1.78. The van der Waals surface area contributed by atoms with Gasteiger partial charge in [-0.3, -0.25) is 0 Å². The Balaban J connectivity index is 2.07. The molecule has 0 N–H and O–H groups in total. The fourth-order valence-electron chi connectivity index (χ4n) is 1.63. The third kappa shape index (κ3) is 1.98. The van der Waals surface area contributed by atoms with Crippen LogP contribution in [0.1, 0.15) is 37.0 Å². The highest BCUT2D eigenvalue weighted by molar-refractivity contribution is 7.10. The second-order valence-corrected chi connectivity index (χ2v) is 4.21. The fraction of sp³-hybridized carbons (Fsp3) is 0.455. The van der Waals surface area contributed by atoms with E-state index in [2.05, 4.69) is 23.6 Å². The van der Waals surface area contributed by atoms with E-state index in [4.69, 9.17) is 0 Å². The second-order valence-electron chi connectivity index (χ2n) is 3.27. The first kappa shape index (κ1) is 8.06. The van der Waals surface area contributed by atoms with E-state index in [1.54, 1.807) is 11.3 Å². The molecular weight excluding hydrogens is 164 g/mol. The lowest BCUT2D eigenvalue weighted by Crippen LogP contribution is -1.93. The molecule has 0 spiro atoms. The van der Waals surface area contributed by atoms with Gasteiger partial charge in [0.2, 0.25) is 0 Å². The van der Waals surface area contributed by atoms with Crippen molar-refractivity contribution in [3.63, 3.8) is 0 Å². The molecule has 0 bridgehead atoms. The Bertz CT molecular complexity index is 249. The van der Waals surface area contributed by atoms with E-state index in [0.717, 1.165) is 0 Å². The fourth-order valence-corrected chi connectivity index (χ4v) is 2.29. The van der Waals surface area contributed by atoms with Crippen LogP contribution in [0.5, 0.6) is 0 Å². The lowest BCUT2D eigenvalue weighted by molar-refractivity contribution is 0.597. The van der Waals surface area contributed by atoms with Gasteiger partial charge in [-0.1, -0.05) is 18.1 Å². The van der Waals surface area contributed by atoms with Crippen LogP contribution in [-0.4, -0.2) is 0 Å². The molecule has 0 unspecified atom stereocenters. The molecule has 0 nitrogen and oxygen atoms in total. The summed E-state index contributed by atoms with van der Waals surface area (Å²) in [5.41, 5.74) is 1.53. The lowest BCUT2D eigenvalue weighted by Gasteiger charge is -2.12. The van der Waals surface area contributed by atoms with Gasteiger partial charge in [0.25, 0.3) is 0 Å². The quantitative estimate of drug-likeness (QED) is 0.612. The molecule has 0 saturated heterocycles. The van der Waals surface area contributed by atoms with Crippen molar-refractivity contribution in [2.75, 3.05) is 0 Å². The molecule has 1 radical (unpaired) electrons. The van der Waals surface area contributed by atoms with Crippen LogP contribution in [0.4, 0.5) is 0 Å². The minimum absolute atomic E-state index is 1.28. The number of hydrogen-bond acceptors (Lipinski definition) is 1. The maximum absolute atomic E-state index is 3.50. The van der Waals surface area contributed by atoms with Crippen molar-refractivity contribution in [2.24, 2.45) is 0 Å². The Labute approximate surface area is 77.9 Å². The van der Waals surface area contributed by atoms with Crippen molar-refractivity contribution >= 4 is 11.3 Å². The van der Waals surface area contributed by atoms with E-state index >= 15 is 0 Å². The summed E-state index contributed by atoms with van der Waals surface area (Å²) in [6.45, 7) is 0. The molecule has 1 aromatic heterocycles. The maximum Gasteiger partial charge on any atom is 0.0348 e. The number of rotatable bonds is 1. The summed E-state index contributed by atoms with van der Waals surface area (Å²) in [4.78, 5) is 1.30. The highest BCUT2D eigenvalue weighted by Crippen LogP contribution is 2.24. The largest absolute Gasteiger partial charge is 0.144 e. The van der Waals surface area contributed by atoms with Crippen LogP contribution in [0.25, 0.3) is 0 Å². The lowest BCUT2D eigenvalue weighted by atomic mass is 9.94. The van der Waals surface area contributed by atoms with Crippen molar-refractivity contribution in [3.8, 4) is 0 Å². The van der Waals surface area contributed by atoms with E-state index < -0.39 is 0 Å². The zero-order valence-electron chi connectivity index (χ0n) is 7.18. The third-order valence-corrected chi connectivity index (χ3v) is 3.06. The van der Waals surface area contributed by atoms with Gasteiger partial charge in [0.05, 0.1) is 0 Å². The van der Waals surface area contributed by atoms with Crippen LogP contribution in [0.3, 0.4) is 0 Å². The van der Waals surface area contributed by atoms with E-state index in [1.807, 2.05) is 0 Å². The SMILES string of the molecule is [C](=C1CCCCC1)c1cccs1. The predicted octanol–water partition coefficient (Wildman–Crippen LogP) is 3.79. The van der Waals surface area contributed by atoms with E-state index in [-0.39, 0.29) is 0 Å². The standard InChI is InChI=1S/C11H13S/c1-2-5-10(6-3-1)9-11-7-4-8-12-11/h4,7-8H,1-3,5-6H2. The van der Waals surface area contributed by atoms with Crippen LogP contribution in [0.2, 0.25) is 0 Å². The zero-order valence-corrected chi connectivity index (χ0v) is 7.99. The van der Waals surface area contributed by atoms with Crippen molar-refractivity contribution in [1.29, 1.82) is 0 Å². The molecule has 0 amide bonds. The molecule has 0 atom stereocenters. The minimum atomic E-state index is 1.28. The van der Waals surface area contributed by atoms with Gasteiger partial charge in [-0.2, -0.15) is 0 Å². The Hall–Kier alpha value is -0.560. The van der Waals surface area contributed by atoms with Gasteiger partial charge in [-0.15, -0.1) is 11.3 Å². The number of hydrogen-bond donors (Lipinski definition) is 0.